The highest BCUT2D eigenvalue weighted by Gasteiger charge is 2.11. The summed E-state index contributed by atoms with van der Waals surface area (Å²) in [4.78, 5) is 11.2. The number of benzene rings is 2. The van der Waals surface area contributed by atoms with E-state index in [1.165, 1.54) is 0 Å². The molecule has 0 aromatic heterocycles. The smallest absolute Gasteiger partial charge is 0.321 e. The summed E-state index contributed by atoms with van der Waals surface area (Å²) in [6, 6.07) is 11.8. The molecule has 3 nitrogen and oxygen atoms in total. The summed E-state index contributed by atoms with van der Waals surface area (Å²) < 4.78 is 10.4. The van der Waals surface area contributed by atoms with E-state index in [1.807, 2.05) is 43.3 Å². The first kappa shape index (κ1) is 13.7. The number of rotatable bonds is 4. The van der Waals surface area contributed by atoms with Gasteiger partial charge in [0.15, 0.2) is 0 Å². The fourth-order valence-electron chi connectivity index (χ4n) is 1.92. The minimum atomic E-state index is -0.413. The van der Waals surface area contributed by atoms with Crippen LogP contribution in [-0.4, -0.2) is 19.0 Å². The van der Waals surface area contributed by atoms with Gasteiger partial charge in [-0.25, -0.2) is 0 Å². The van der Waals surface area contributed by atoms with Gasteiger partial charge in [-0.05, 0) is 41.5 Å². The summed E-state index contributed by atoms with van der Waals surface area (Å²) in [7, 11) is 1.64. The number of alkyl halides is 1. The van der Waals surface area contributed by atoms with E-state index in [0.29, 0.717) is 0 Å². The van der Waals surface area contributed by atoms with Crippen molar-refractivity contribution in [2.45, 2.75) is 13.0 Å². The first-order chi connectivity index (χ1) is 9.13. The van der Waals surface area contributed by atoms with Crippen LogP contribution in [0.3, 0.4) is 0 Å². The average Bonchev–Trinajstić information content (AvgIpc) is 2.45. The van der Waals surface area contributed by atoms with Crippen molar-refractivity contribution in [3.05, 3.63) is 42.0 Å². The Hall–Kier alpha value is -1.74. The lowest BCUT2D eigenvalue weighted by atomic mass is 10.0. The Balaban J connectivity index is 2.28. The number of hydrogen-bond donors (Lipinski definition) is 0. The predicted octanol–water partition coefficient (Wildman–Crippen LogP) is 3.69. The highest BCUT2D eigenvalue weighted by atomic mass is 35.5. The third kappa shape index (κ3) is 3.18. The second-order valence-corrected chi connectivity index (χ2v) is 4.51. The highest BCUT2D eigenvalue weighted by molar-refractivity contribution is 6.26. The molecule has 0 N–H and O–H groups in total. The number of halogens is 1. The third-order valence-corrected chi connectivity index (χ3v) is 3.18. The maximum atomic E-state index is 11.2. The molecule has 0 spiro atoms. The van der Waals surface area contributed by atoms with Gasteiger partial charge in [-0.1, -0.05) is 18.2 Å². The molecule has 0 bridgehead atoms. The van der Waals surface area contributed by atoms with Gasteiger partial charge >= 0.3 is 5.97 Å². The van der Waals surface area contributed by atoms with E-state index in [-0.39, 0.29) is 12.0 Å². The number of ether oxygens (including phenoxy) is 2. The molecule has 19 heavy (non-hydrogen) atoms. The molecule has 0 aliphatic carbocycles. The number of carbonyl (C=O) groups excluding carboxylic acids is 1. The van der Waals surface area contributed by atoms with Crippen LogP contribution in [-0.2, 0) is 9.53 Å². The van der Waals surface area contributed by atoms with Crippen molar-refractivity contribution in [1.82, 2.24) is 0 Å². The van der Waals surface area contributed by atoms with Crippen molar-refractivity contribution >= 4 is 28.3 Å². The zero-order chi connectivity index (χ0) is 13.8. The van der Waals surface area contributed by atoms with Crippen LogP contribution >= 0.6 is 11.6 Å². The standard InChI is InChI=1S/C15H15ClO3/c1-10(19-15(17)9-16)11-3-4-13-8-14(18-2)6-5-12(13)7-11/h3-8,10H,9H2,1-2H3/t10-/m1/s1. The molecule has 0 radical (unpaired) electrons. The molecule has 2 rings (SSSR count). The molecule has 100 valence electrons. The molecule has 0 aliphatic heterocycles. The van der Waals surface area contributed by atoms with Gasteiger partial charge in [-0.3, -0.25) is 4.79 Å². The molecule has 2 aromatic rings. The van der Waals surface area contributed by atoms with Crippen LogP contribution in [0.2, 0.25) is 0 Å². The summed E-state index contributed by atoms with van der Waals surface area (Å²) in [5.74, 6) is 0.278. The van der Waals surface area contributed by atoms with Crippen molar-refractivity contribution in [2.75, 3.05) is 13.0 Å². The lowest BCUT2D eigenvalue weighted by molar-refractivity contribution is -0.145. The molecular weight excluding hydrogens is 264 g/mol. The topological polar surface area (TPSA) is 35.5 Å². The predicted molar refractivity (Wildman–Crippen MR) is 75.7 cm³/mol. The molecule has 0 saturated heterocycles. The van der Waals surface area contributed by atoms with Gasteiger partial charge in [0.1, 0.15) is 17.7 Å². The van der Waals surface area contributed by atoms with E-state index in [1.54, 1.807) is 7.11 Å². The molecule has 4 heteroatoms. The van der Waals surface area contributed by atoms with Crippen LogP contribution in [0.5, 0.6) is 5.75 Å². The zero-order valence-corrected chi connectivity index (χ0v) is 11.6. The second kappa shape index (κ2) is 5.93. The molecule has 0 aliphatic rings. The first-order valence-corrected chi connectivity index (χ1v) is 6.50. The maximum absolute atomic E-state index is 11.2. The van der Waals surface area contributed by atoms with Crippen molar-refractivity contribution in [3.8, 4) is 5.75 Å². The molecule has 0 amide bonds. The molecule has 0 fully saturated rings. The monoisotopic (exact) mass is 278 g/mol. The summed E-state index contributed by atoms with van der Waals surface area (Å²) in [5.41, 5.74) is 0.941. The largest absolute Gasteiger partial charge is 0.497 e. The Morgan fingerprint density at radius 1 is 1.21 bits per heavy atom. The van der Waals surface area contributed by atoms with Crippen molar-refractivity contribution in [1.29, 1.82) is 0 Å². The first-order valence-electron chi connectivity index (χ1n) is 5.97. The Morgan fingerprint density at radius 2 is 1.89 bits per heavy atom. The molecule has 2 aromatic carbocycles. The van der Waals surface area contributed by atoms with Gasteiger partial charge in [0.2, 0.25) is 0 Å². The van der Waals surface area contributed by atoms with Crippen molar-refractivity contribution < 1.29 is 14.3 Å². The second-order valence-electron chi connectivity index (χ2n) is 4.24. The number of methoxy groups -OCH3 is 1. The van der Waals surface area contributed by atoms with Crippen LogP contribution in [0.4, 0.5) is 0 Å². The van der Waals surface area contributed by atoms with E-state index in [0.717, 1.165) is 22.1 Å². The lowest BCUT2D eigenvalue weighted by Crippen LogP contribution is -2.09. The van der Waals surface area contributed by atoms with E-state index >= 15 is 0 Å². The normalized spacial score (nSPS) is 12.2. The summed E-state index contributed by atoms with van der Waals surface area (Å²) in [5, 5.41) is 2.16. The molecular formula is C15H15ClO3. The highest BCUT2D eigenvalue weighted by Crippen LogP contribution is 2.25. The number of fused-ring (bicyclic) bond motifs is 1. The van der Waals surface area contributed by atoms with Crippen LogP contribution in [0, 0.1) is 0 Å². The number of hydrogen-bond acceptors (Lipinski definition) is 3. The van der Waals surface area contributed by atoms with Crippen molar-refractivity contribution in [2.24, 2.45) is 0 Å². The molecule has 1 atom stereocenters. The number of esters is 1. The van der Waals surface area contributed by atoms with Crippen LogP contribution in [0.25, 0.3) is 10.8 Å². The quantitative estimate of drug-likeness (QED) is 0.632. The minimum Gasteiger partial charge on any atom is -0.497 e. The minimum absolute atomic E-state index is 0.130. The van der Waals surface area contributed by atoms with Crippen molar-refractivity contribution in [3.63, 3.8) is 0 Å². The average molecular weight is 279 g/mol. The fraction of sp³-hybridized carbons (Fsp3) is 0.267. The van der Waals surface area contributed by atoms with Crippen LogP contribution in [0.15, 0.2) is 36.4 Å². The Bertz CT molecular complexity index is 595. The Labute approximate surface area is 117 Å². The Kier molecular flexibility index (Phi) is 4.27. The van der Waals surface area contributed by atoms with E-state index < -0.39 is 5.97 Å². The van der Waals surface area contributed by atoms with Gasteiger partial charge in [0.25, 0.3) is 0 Å². The van der Waals surface area contributed by atoms with E-state index in [2.05, 4.69) is 0 Å². The van der Waals surface area contributed by atoms with Gasteiger partial charge in [0.05, 0.1) is 7.11 Å². The van der Waals surface area contributed by atoms with Crippen LogP contribution < -0.4 is 4.74 Å². The van der Waals surface area contributed by atoms with E-state index in [9.17, 15) is 4.79 Å². The molecule has 0 heterocycles. The third-order valence-electron chi connectivity index (χ3n) is 2.96. The Morgan fingerprint density at radius 3 is 2.58 bits per heavy atom. The van der Waals surface area contributed by atoms with E-state index in [4.69, 9.17) is 21.1 Å². The van der Waals surface area contributed by atoms with Gasteiger partial charge in [-0.15, -0.1) is 11.6 Å². The van der Waals surface area contributed by atoms with Crippen LogP contribution in [0.1, 0.15) is 18.6 Å². The summed E-state index contributed by atoms with van der Waals surface area (Å²) >= 11 is 5.42. The SMILES string of the molecule is COc1ccc2cc([C@@H](C)OC(=O)CCl)ccc2c1. The van der Waals surface area contributed by atoms with Gasteiger partial charge in [0, 0.05) is 0 Å². The zero-order valence-electron chi connectivity index (χ0n) is 10.9. The number of carbonyl (C=O) groups is 1. The fourth-order valence-corrected chi connectivity index (χ4v) is 1.98. The molecule has 0 unspecified atom stereocenters. The summed E-state index contributed by atoms with van der Waals surface area (Å²) in [6.45, 7) is 1.83. The molecule has 0 saturated carbocycles. The lowest BCUT2D eigenvalue weighted by Gasteiger charge is -2.13. The maximum Gasteiger partial charge on any atom is 0.321 e. The van der Waals surface area contributed by atoms with Gasteiger partial charge in [-0.2, -0.15) is 0 Å². The summed E-state index contributed by atoms with van der Waals surface area (Å²) in [6.07, 6.45) is -0.308. The van der Waals surface area contributed by atoms with Gasteiger partial charge < -0.3 is 9.47 Å².